The van der Waals surface area contributed by atoms with Crippen molar-refractivity contribution in [2.75, 3.05) is 0 Å². The van der Waals surface area contributed by atoms with E-state index < -0.39 is 0 Å². The predicted molar refractivity (Wildman–Crippen MR) is 83.9 cm³/mol. The number of hydrazone groups is 1. The molecule has 2 N–H and O–H groups in total. The highest BCUT2D eigenvalue weighted by molar-refractivity contribution is 6.31. The third-order valence-corrected chi connectivity index (χ3v) is 3.15. The standard InChI is InChI=1S/C16H15ClN2O2/c1-2-15(12-4-3-5-13(17)10-12)18-19-16(21)11-6-8-14(20)9-7-11/h3-10,20H,2H2,1H3,(H,19,21)/b18-15-. The monoisotopic (exact) mass is 302 g/mol. The van der Waals surface area contributed by atoms with E-state index >= 15 is 0 Å². The smallest absolute Gasteiger partial charge is 0.271 e. The summed E-state index contributed by atoms with van der Waals surface area (Å²) in [6.45, 7) is 1.95. The first kappa shape index (κ1) is 15.1. The van der Waals surface area contributed by atoms with Crippen LogP contribution in [0.1, 0.15) is 29.3 Å². The number of benzene rings is 2. The summed E-state index contributed by atoms with van der Waals surface area (Å²) in [5, 5.41) is 14.0. The van der Waals surface area contributed by atoms with Crippen LogP contribution < -0.4 is 5.43 Å². The molecule has 0 aliphatic heterocycles. The number of carbonyl (C=O) groups excluding carboxylic acids is 1. The largest absolute Gasteiger partial charge is 0.508 e. The Morgan fingerprint density at radius 2 is 1.90 bits per heavy atom. The van der Waals surface area contributed by atoms with Crippen LogP contribution in [0, 0.1) is 0 Å². The second kappa shape index (κ2) is 6.90. The van der Waals surface area contributed by atoms with Gasteiger partial charge >= 0.3 is 0 Å². The van der Waals surface area contributed by atoms with Crippen molar-refractivity contribution in [3.8, 4) is 5.75 Å². The maximum absolute atomic E-state index is 11.9. The molecule has 2 aromatic rings. The zero-order chi connectivity index (χ0) is 15.2. The van der Waals surface area contributed by atoms with Crippen molar-refractivity contribution in [1.29, 1.82) is 0 Å². The van der Waals surface area contributed by atoms with Crippen molar-refractivity contribution in [2.24, 2.45) is 5.10 Å². The van der Waals surface area contributed by atoms with Gasteiger partial charge in [0.15, 0.2) is 0 Å². The van der Waals surface area contributed by atoms with Crippen LogP contribution in [0.15, 0.2) is 53.6 Å². The number of nitrogens with zero attached hydrogens (tertiary/aromatic N) is 1. The first-order chi connectivity index (χ1) is 10.1. The Morgan fingerprint density at radius 1 is 1.19 bits per heavy atom. The molecule has 2 rings (SSSR count). The lowest BCUT2D eigenvalue weighted by atomic mass is 10.1. The van der Waals surface area contributed by atoms with Crippen LogP contribution in [0.2, 0.25) is 5.02 Å². The molecule has 0 unspecified atom stereocenters. The summed E-state index contributed by atoms with van der Waals surface area (Å²) >= 11 is 5.95. The molecule has 0 heterocycles. The molecule has 0 aromatic heterocycles. The van der Waals surface area contributed by atoms with Gasteiger partial charge in [0.25, 0.3) is 5.91 Å². The number of phenols is 1. The quantitative estimate of drug-likeness (QED) is 0.669. The molecule has 0 saturated heterocycles. The molecule has 0 aliphatic rings. The van der Waals surface area contributed by atoms with E-state index in [1.165, 1.54) is 24.3 Å². The van der Waals surface area contributed by atoms with Crippen LogP contribution in [-0.2, 0) is 0 Å². The molecule has 0 spiro atoms. The summed E-state index contributed by atoms with van der Waals surface area (Å²) in [5.41, 5.74) is 4.55. The zero-order valence-corrected chi connectivity index (χ0v) is 12.3. The molecular weight excluding hydrogens is 288 g/mol. The summed E-state index contributed by atoms with van der Waals surface area (Å²) in [7, 11) is 0. The maximum atomic E-state index is 11.9. The van der Waals surface area contributed by atoms with Crippen LogP contribution >= 0.6 is 11.6 Å². The molecule has 5 heteroatoms. The Bertz CT molecular complexity index is 666. The lowest BCUT2D eigenvalue weighted by Crippen LogP contribution is -2.19. The number of carbonyl (C=O) groups is 1. The van der Waals surface area contributed by atoms with Crippen molar-refractivity contribution < 1.29 is 9.90 Å². The number of nitrogens with one attached hydrogen (secondary N) is 1. The fourth-order valence-corrected chi connectivity index (χ4v) is 2.00. The highest BCUT2D eigenvalue weighted by atomic mass is 35.5. The van der Waals surface area contributed by atoms with Crippen molar-refractivity contribution >= 4 is 23.2 Å². The highest BCUT2D eigenvalue weighted by Crippen LogP contribution is 2.13. The SMILES string of the molecule is CC/C(=N/NC(=O)c1ccc(O)cc1)c1cccc(Cl)c1. The summed E-state index contributed by atoms with van der Waals surface area (Å²) in [4.78, 5) is 11.9. The molecule has 4 nitrogen and oxygen atoms in total. The third kappa shape index (κ3) is 4.07. The fraction of sp³-hybridized carbons (Fsp3) is 0.125. The molecule has 0 radical (unpaired) electrons. The van der Waals surface area contributed by atoms with Gasteiger partial charge in [-0.15, -0.1) is 0 Å². The van der Waals surface area contributed by atoms with E-state index in [1.54, 1.807) is 12.1 Å². The first-order valence-electron chi connectivity index (χ1n) is 6.52. The predicted octanol–water partition coefficient (Wildman–Crippen LogP) is 3.59. The number of aromatic hydroxyl groups is 1. The average molecular weight is 303 g/mol. The van der Waals surface area contributed by atoms with Crippen LogP contribution in [0.4, 0.5) is 0 Å². The lowest BCUT2D eigenvalue weighted by Gasteiger charge is -2.06. The molecule has 0 atom stereocenters. The summed E-state index contributed by atoms with van der Waals surface area (Å²) < 4.78 is 0. The molecule has 0 saturated carbocycles. The van der Waals surface area contributed by atoms with Gasteiger partial charge in [0.1, 0.15) is 5.75 Å². The number of amides is 1. The topological polar surface area (TPSA) is 61.7 Å². The number of hydrogen-bond donors (Lipinski definition) is 2. The molecule has 108 valence electrons. The molecule has 0 aliphatic carbocycles. The second-order valence-corrected chi connectivity index (χ2v) is 4.85. The van der Waals surface area contributed by atoms with Crippen molar-refractivity contribution in [3.63, 3.8) is 0 Å². The zero-order valence-electron chi connectivity index (χ0n) is 11.5. The first-order valence-corrected chi connectivity index (χ1v) is 6.90. The molecular formula is C16H15ClN2O2. The average Bonchev–Trinajstić information content (AvgIpc) is 2.48. The summed E-state index contributed by atoms with van der Waals surface area (Å²) in [6, 6.07) is 13.3. The molecule has 21 heavy (non-hydrogen) atoms. The van der Waals surface area contributed by atoms with Crippen LogP contribution in [-0.4, -0.2) is 16.7 Å². The van der Waals surface area contributed by atoms with Gasteiger partial charge in [0.05, 0.1) is 5.71 Å². The lowest BCUT2D eigenvalue weighted by molar-refractivity contribution is 0.0955. The van der Waals surface area contributed by atoms with Gasteiger partial charge in [-0.25, -0.2) is 5.43 Å². The van der Waals surface area contributed by atoms with E-state index in [0.29, 0.717) is 17.0 Å². The maximum Gasteiger partial charge on any atom is 0.271 e. The third-order valence-electron chi connectivity index (χ3n) is 2.91. The van der Waals surface area contributed by atoms with E-state index in [4.69, 9.17) is 11.6 Å². The van der Waals surface area contributed by atoms with Gasteiger partial charge in [-0.05, 0) is 48.4 Å². The highest BCUT2D eigenvalue weighted by Gasteiger charge is 2.06. The number of halogens is 1. The van der Waals surface area contributed by atoms with E-state index in [0.717, 1.165) is 11.3 Å². The molecule has 0 fully saturated rings. The number of rotatable bonds is 4. The Labute approximate surface area is 128 Å². The summed E-state index contributed by atoms with van der Waals surface area (Å²) in [5.74, 6) is -0.216. The van der Waals surface area contributed by atoms with Gasteiger partial charge in [-0.3, -0.25) is 4.79 Å². The van der Waals surface area contributed by atoms with E-state index in [1.807, 2.05) is 19.1 Å². The van der Waals surface area contributed by atoms with E-state index in [9.17, 15) is 9.90 Å². The second-order valence-electron chi connectivity index (χ2n) is 4.41. The van der Waals surface area contributed by atoms with Gasteiger partial charge in [-0.1, -0.05) is 30.7 Å². The Morgan fingerprint density at radius 3 is 2.52 bits per heavy atom. The Hall–Kier alpha value is -2.33. The Kier molecular flexibility index (Phi) is 4.95. The van der Waals surface area contributed by atoms with Gasteiger partial charge < -0.3 is 5.11 Å². The van der Waals surface area contributed by atoms with Crippen molar-refractivity contribution in [3.05, 3.63) is 64.7 Å². The van der Waals surface area contributed by atoms with E-state index in [2.05, 4.69) is 10.5 Å². The minimum atomic E-state index is -0.331. The van der Waals surface area contributed by atoms with Gasteiger partial charge in [-0.2, -0.15) is 5.10 Å². The molecule has 1 amide bonds. The van der Waals surface area contributed by atoms with Gasteiger partial charge in [0.2, 0.25) is 0 Å². The number of hydrogen-bond acceptors (Lipinski definition) is 3. The van der Waals surface area contributed by atoms with Gasteiger partial charge in [0, 0.05) is 10.6 Å². The number of phenolic OH excluding ortho intramolecular Hbond substituents is 1. The van der Waals surface area contributed by atoms with E-state index in [-0.39, 0.29) is 11.7 Å². The minimum absolute atomic E-state index is 0.114. The fourth-order valence-electron chi connectivity index (χ4n) is 1.81. The molecule has 0 bridgehead atoms. The van der Waals surface area contributed by atoms with Crippen LogP contribution in [0.5, 0.6) is 5.75 Å². The minimum Gasteiger partial charge on any atom is -0.508 e. The molecule has 2 aromatic carbocycles. The summed E-state index contributed by atoms with van der Waals surface area (Å²) in [6.07, 6.45) is 0.663. The normalized spacial score (nSPS) is 11.2. The van der Waals surface area contributed by atoms with Crippen LogP contribution in [0.3, 0.4) is 0 Å². The Balaban J connectivity index is 2.14. The van der Waals surface area contributed by atoms with Crippen LogP contribution in [0.25, 0.3) is 0 Å². The van der Waals surface area contributed by atoms with Crippen molar-refractivity contribution in [1.82, 2.24) is 5.43 Å². The van der Waals surface area contributed by atoms with Crippen molar-refractivity contribution in [2.45, 2.75) is 13.3 Å².